The average molecular weight is 402 g/mol. The molecule has 0 saturated carbocycles. The van der Waals surface area contributed by atoms with E-state index in [-0.39, 0.29) is 23.5 Å². The van der Waals surface area contributed by atoms with Crippen LogP contribution in [0.15, 0.2) is 28.9 Å². The number of furan rings is 1. The number of fused-ring (bicyclic) bond motifs is 1. The topological polar surface area (TPSA) is 107 Å². The Kier molecular flexibility index (Phi) is 4.70. The molecule has 1 aliphatic rings. The summed E-state index contributed by atoms with van der Waals surface area (Å²) < 4.78 is 31.1. The van der Waals surface area contributed by atoms with Gasteiger partial charge in [-0.2, -0.15) is 5.10 Å². The molecule has 1 atom stereocenters. The van der Waals surface area contributed by atoms with E-state index < -0.39 is 9.84 Å². The van der Waals surface area contributed by atoms with Crippen LogP contribution in [-0.2, 0) is 9.84 Å². The zero-order chi connectivity index (χ0) is 19.9. The van der Waals surface area contributed by atoms with Gasteiger partial charge >= 0.3 is 0 Å². The Morgan fingerprint density at radius 3 is 2.89 bits per heavy atom. The maximum Gasteiger partial charge on any atom is 0.252 e. The van der Waals surface area contributed by atoms with Gasteiger partial charge in [0.05, 0.1) is 40.5 Å². The fourth-order valence-electron chi connectivity index (χ4n) is 3.60. The SMILES string of the molecule is CCCNC(=O)c1cc(-c2ccco2)nc2c1c(C)nn2C1CCS(=O)(=O)C1. The van der Waals surface area contributed by atoms with E-state index in [1.807, 2.05) is 13.8 Å². The van der Waals surface area contributed by atoms with Crippen LogP contribution >= 0.6 is 0 Å². The quantitative estimate of drug-likeness (QED) is 0.703. The zero-order valence-corrected chi connectivity index (χ0v) is 16.6. The number of carbonyl (C=O) groups excluding carboxylic acids is 1. The Balaban J connectivity index is 1.91. The van der Waals surface area contributed by atoms with E-state index in [0.29, 0.717) is 46.7 Å². The summed E-state index contributed by atoms with van der Waals surface area (Å²) in [5, 5.41) is 8.11. The summed E-state index contributed by atoms with van der Waals surface area (Å²) in [6.07, 6.45) is 2.86. The molecular formula is C19H22N4O4S. The second kappa shape index (κ2) is 7.05. The van der Waals surface area contributed by atoms with Crippen molar-refractivity contribution < 1.29 is 17.6 Å². The Morgan fingerprint density at radius 2 is 2.25 bits per heavy atom. The first-order chi connectivity index (χ1) is 13.4. The van der Waals surface area contributed by atoms with Crippen LogP contribution in [0.5, 0.6) is 0 Å². The molecule has 3 aromatic heterocycles. The van der Waals surface area contributed by atoms with Crippen molar-refractivity contribution in [1.82, 2.24) is 20.1 Å². The van der Waals surface area contributed by atoms with Crippen LogP contribution in [0.4, 0.5) is 0 Å². The number of nitrogens with one attached hydrogen (secondary N) is 1. The Morgan fingerprint density at radius 1 is 1.43 bits per heavy atom. The van der Waals surface area contributed by atoms with Crippen LogP contribution in [0.2, 0.25) is 0 Å². The van der Waals surface area contributed by atoms with Gasteiger partial charge in [0.15, 0.2) is 21.2 Å². The largest absolute Gasteiger partial charge is 0.463 e. The molecule has 28 heavy (non-hydrogen) atoms. The maximum atomic E-state index is 12.8. The molecule has 0 bridgehead atoms. The van der Waals surface area contributed by atoms with Crippen molar-refractivity contribution in [1.29, 1.82) is 0 Å². The van der Waals surface area contributed by atoms with Crippen molar-refractivity contribution in [2.24, 2.45) is 0 Å². The first-order valence-electron chi connectivity index (χ1n) is 9.32. The normalized spacial score (nSPS) is 18.6. The Bertz CT molecular complexity index is 1130. The summed E-state index contributed by atoms with van der Waals surface area (Å²) in [5.74, 6) is 0.507. The fraction of sp³-hybridized carbons (Fsp3) is 0.421. The number of amides is 1. The summed E-state index contributed by atoms with van der Waals surface area (Å²) in [7, 11) is -3.08. The third-order valence-corrected chi connectivity index (χ3v) is 6.70. The Hall–Kier alpha value is -2.68. The first kappa shape index (κ1) is 18.7. The highest BCUT2D eigenvalue weighted by Crippen LogP contribution is 2.32. The van der Waals surface area contributed by atoms with Gasteiger partial charge in [0.1, 0.15) is 5.69 Å². The molecule has 148 valence electrons. The van der Waals surface area contributed by atoms with Crippen molar-refractivity contribution in [2.45, 2.75) is 32.7 Å². The van der Waals surface area contributed by atoms with Gasteiger partial charge in [-0.15, -0.1) is 0 Å². The minimum atomic E-state index is -3.08. The highest BCUT2D eigenvalue weighted by atomic mass is 32.2. The van der Waals surface area contributed by atoms with Crippen molar-refractivity contribution in [3.05, 3.63) is 35.7 Å². The number of carbonyl (C=O) groups is 1. The molecule has 1 N–H and O–H groups in total. The van der Waals surface area contributed by atoms with Crippen molar-refractivity contribution in [3.63, 3.8) is 0 Å². The lowest BCUT2D eigenvalue weighted by atomic mass is 10.1. The van der Waals surface area contributed by atoms with E-state index in [1.54, 1.807) is 29.1 Å². The summed E-state index contributed by atoms with van der Waals surface area (Å²) >= 11 is 0. The summed E-state index contributed by atoms with van der Waals surface area (Å²) in [4.78, 5) is 17.5. The third kappa shape index (κ3) is 3.30. The molecule has 1 aliphatic heterocycles. The molecule has 8 nitrogen and oxygen atoms in total. The standard InChI is InChI=1S/C19H22N4O4S/c1-3-7-20-19(24)14-10-15(16-5-4-8-27-16)21-18-17(14)12(2)22-23(18)13-6-9-28(25,26)11-13/h4-5,8,10,13H,3,6-7,9,11H2,1-2H3,(H,20,24). The Labute approximate surface area is 162 Å². The average Bonchev–Trinajstić information content (AvgIpc) is 3.38. The van der Waals surface area contributed by atoms with Gasteiger partial charge < -0.3 is 9.73 Å². The zero-order valence-electron chi connectivity index (χ0n) is 15.8. The highest BCUT2D eigenvalue weighted by molar-refractivity contribution is 7.91. The van der Waals surface area contributed by atoms with Gasteiger partial charge in [-0.25, -0.2) is 18.1 Å². The lowest BCUT2D eigenvalue weighted by Crippen LogP contribution is -2.24. The van der Waals surface area contributed by atoms with E-state index in [2.05, 4.69) is 15.4 Å². The van der Waals surface area contributed by atoms with Crippen LogP contribution in [-0.4, -0.2) is 47.1 Å². The van der Waals surface area contributed by atoms with Gasteiger partial charge in [0, 0.05) is 6.54 Å². The van der Waals surface area contributed by atoms with E-state index in [4.69, 9.17) is 4.42 Å². The molecule has 0 aromatic carbocycles. The van der Waals surface area contributed by atoms with Gasteiger partial charge in [-0.1, -0.05) is 6.92 Å². The minimum absolute atomic E-state index is 0.0350. The number of nitrogens with zero attached hydrogens (tertiary/aromatic N) is 3. The molecule has 4 rings (SSSR count). The monoisotopic (exact) mass is 402 g/mol. The van der Waals surface area contributed by atoms with E-state index >= 15 is 0 Å². The van der Waals surface area contributed by atoms with Crippen LogP contribution in [0.25, 0.3) is 22.5 Å². The lowest BCUT2D eigenvalue weighted by molar-refractivity contribution is 0.0955. The second-order valence-corrected chi connectivity index (χ2v) is 9.30. The molecule has 1 saturated heterocycles. The second-order valence-electron chi connectivity index (χ2n) is 7.07. The molecule has 0 spiro atoms. The van der Waals surface area contributed by atoms with Crippen LogP contribution in [0.1, 0.15) is 41.9 Å². The third-order valence-electron chi connectivity index (χ3n) is 4.94. The summed E-state index contributed by atoms with van der Waals surface area (Å²) in [6.45, 7) is 4.36. The van der Waals surface area contributed by atoms with Gasteiger partial charge in [-0.3, -0.25) is 4.79 Å². The molecule has 3 aromatic rings. The molecule has 1 amide bonds. The number of aryl methyl sites for hydroxylation is 1. The first-order valence-corrected chi connectivity index (χ1v) is 11.1. The van der Waals surface area contributed by atoms with Crippen molar-refractivity contribution >= 4 is 26.8 Å². The van der Waals surface area contributed by atoms with Crippen molar-refractivity contribution in [3.8, 4) is 11.5 Å². The van der Waals surface area contributed by atoms with Crippen LogP contribution < -0.4 is 5.32 Å². The lowest BCUT2D eigenvalue weighted by Gasteiger charge is -2.11. The van der Waals surface area contributed by atoms with E-state index in [9.17, 15) is 13.2 Å². The molecule has 9 heteroatoms. The minimum Gasteiger partial charge on any atom is -0.463 e. The number of hydrogen-bond acceptors (Lipinski definition) is 6. The molecule has 0 radical (unpaired) electrons. The summed E-state index contributed by atoms with van der Waals surface area (Å²) in [5.41, 5.74) is 2.14. The molecular weight excluding hydrogens is 380 g/mol. The molecule has 1 fully saturated rings. The highest BCUT2D eigenvalue weighted by Gasteiger charge is 2.32. The van der Waals surface area contributed by atoms with Gasteiger partial charge in [-0.05, 0) is 38.0 Å². The van der Waals surface area contributed by atoms with E-state index in [0.717, 1.165) is 6.42 Å². The maximum absolute atomic E-state index is 12.8. The molecule has 0 aliphatic carbocycles. The van der Waals surface area contributed by atoms with Crippen LogP contribution in [0.3, 0.4) is 0 Å². The molecule has 4 heterocycles. The van der Waals surface area contributed by atoms with Crippen molar-refractivity contribution in [2.75, 3.05) is 18.1 Å². The number of pyridine rings is 1. The molecule has 1 unspecified atom stereocenters. The number of aromatic nitrogens is 3. The van der Waals surface area contributed by atoms with Gasteiger partial charge in [0.2, 0.25) is 0 Å². The number of hydrogen-bond donors (Lipinski definition) is 1. The van der Waals surface area contributed by atoms with E-state index in [1.165, 1.54) is 0 Å². The smallest absolute Gasteiger partial charge is 0.252 e. The predicted octanol–water partition coefficient (Wildman–Crippen LogP) is 2.50. The fourth-order valence-corrected chi connectivity index (χ4v) is 5.29. The summed E-state index contributed by atoms with van der Waals surface area (Å²) in [6, 6.07) is 4.95. The number of rotatable bonds is 5. The van der Waals surface area contributed by atoms with Gasteiger partial charge in [0.25, 0.3) is 5.91 Å². The number of sulfone groups is 1. The van der Waals surface area contributed by atoms with Crippen LogP contribution in [0, 0.1) is 6.92 Å². The predicted molar refractivity (Wildman–Crippen MR) is 105 cm³/mol.